The first-order valence-electron chi connectivity index (χ1n) is 9.46. The van der Waals surface area contributed by atoms with Crippen molar-refractivity contribution in [2.24, 2.45) is 4.99 Å². The second-order valence-corrected chi connectivity index (χ2v) is 7.13. The van der Waals surface area contributed by atoms with Crippen LogP contribution in [0.3, 0.4) is 0 Å². The normalized spacial score (nSPS) is 20.4. The lowest BCUT2D eigenvalue weighted by atomic mass is 9.97. The molecule has 2 aromatic carbocycles. The van der Waals surface area contributed by atoms with Crippen LogP contribution in [0.1, 0.15) is 42.1 Å². The first-order valence-corrected chi connectivity index (χ1v) is 9.46. The van der Waals surface area contributed by atoms with Crippen molar-refractivity contribution >= 4 is 22.9 Å². The van der Waals surface area contributed by atoms with Crippen molar-refractivity contribution in [3.05, 3.63) is 65.7 Å². The predicted molar refractivity (Wildman–Crippen MR) is 109 cm³/mol. The maximum Gasteiger partial charge on any atom is 0.159 e. The van der Waals surface area contributed by atoms with E-state index < -0.39 is 0 Å². The molecule has 4 nitrogen and oxygen atoms in total. The number of Topliss-reactive ketones (excluding diaryl/α,β-unsaturated/α-hetero) is 1. The molecule has 0 amide bonds. The zero-order valence-electron chi connectivity index (χ0n) is 15.8. The van der Waals surface area contributed by atoms with Crippen molar-refractivity contribution in [2.45, 2.75) is 32.2 Å². The average Bonchev–Trinajstić information content (AvgIpc) is 3.16. The minimum Gasteiger partial charge on any atom is -0.494 e. The smallest absolute Gasteiger partial charge is 0.159 e. The largest absolute Gasteiger partial charge is 0.494 e. The van der Waals surface area contributed by atoms with Gasteiger partial charge in [0.25, 0.3) is 0 Å². The molecule has 2 heterocycles. The number of ketones is 1. The van der Waals surface area contributed by atoms with E-state index >= 15 is 0 Å². The molecule has 1 saturated heterocycles. The highest BCUT2D eigenvalue weighted by Gasteiger charge is 2.31. The van der Waals surface area contributed by atoms with Crippen LogP contribution in [-0.2, 0) is 0 Å². The van der Waals surface area contributed by atoms with Gasteiger partial charge in [-0.15, -0.1) is 0 Å². The Labute approximate surface area is 160 Å². The Kier molecular flexibility index (Phi) is 4.80. The third-order valence-electron chi connectivity index (χ3n) is 5.37. The van der Waals surface area contributed by atoms with Crippen LogP contribution in [0.2, 0.25) is 0 Å². The van der Waals surface area contributed by atoms with Gasteiger partial charge in [0.05, 0.1) is 7.11 Å². The van der Waals surface area contributed by atoms with Crippen molar-refractivity contribution in [1.82, 2.24) is 4.90 Å². The van der Waals surface area contributed by atoms with E-state index in [0.717, 1.165) is 41.2 Å². The standard InChI is InChI=1S/C23H24N2O2/c1-16(26)17-9-11-18(12-10-17)22-15-19(14-20-6-5-13-25(20)22)24-21-7-3-4-8-23(21)27-2/h3-4,7-12,15,20H,5-6,13-14H2,1-2H3/t20-/m1/s1. The van der Waals surface area contributed by atoms with Gasteiger partial charge in [-0.2, -0.15) is 0 Å². The van der Waals surface area contributed by atoms with E-state index in [1.165, 1.54) is 18.5 Å². The van der Waals surface area contributed by atoms with Crippen LogP contribution in [0.15, 0.2) is 59.6 Å². The monoisotopic (exact) mass is 360 g/mol. The van der Waals surface area contributed by atoms with Crippen LogP contribution >= 0.6 is 0 Å². The van der Waals surface area contributed by atoms with Gasteiger partial charge in [-0.1, -0.05) is 36.4 Å². The molecule has 1 fully saturated rings. The molecule has 138 valence electrons. The van der Waals surface area contributed by atoms with Crippen molar-refractivity contribution in [2.75, 3.05) is 13.7 Å². The minimum atomic E-state index is 0.0941. The Bertz CT molecular complexity index is 912. The van der Waals surface area contributed by atoms with Gasteiger partial charge >= 0.3 is 0 Å². The van der Waals surface area contributed by atoms with Gasteiger partial charge in [-0.25, -0.2) is 4.99 Å². The molecule has 0 aromatic heterocycles. The number of methoxy groups -OCH3 is 1. The fourth-order valence-corrected chi connectivity index (χ4v) is 3.99. The maximum absolute atomic E-state index is 11.6. The molecule has 0 unspecified atom stereocenters. The summed E-state index contributed by atoms with van der Waals surface area (Å²) in [6.07, 6.45) is 5.54. The topological polar surface area (TPSA) is 41.9 Å². The molecule has 0 bridgehead atoms. The predicted octanol–water partition coefficient (Wildman–Crippen LogP) is 4.88. The zero-order chi connectivity index (χ0) is 18.8. The van der Waals surface area contributed by atoms with Gasteiger partial charge in [0, 0.05) is 36.0 Å². The Hall–Kier alpha value is -2.88. The highest BCUT2D eigenvalue weighted by molar-refractivity contribution is 6.04. The quantitative estimate of drug-likeness (QED) is 0.730. The lowest BCUT2D eigenvalue weighted by Crippen LogP contribution is -2.33. The molecule has 0 saturated carbocycles. The molecule has 2 aromatic rings. The molecule has 0 radical (unpaired) electrons. The number of hydrogen-bond donors (Lipinski definition) is 0. The summed E-state index contributed by atoms with van der Waals surface area (Å²) in [6.45, 7) is 2.68. The van der Waals surface area contributed by atoms with Crippen molar-refractivity contribution < 1.29 is 9.53 Å². The summed E-state index contributed by atoms with van der Waals surface area (Å²) in [4.78, 5) is 19.0. The molecule has 2 aliphatic rings. The number of aliphatic imine (C=N–C) groups is 1. The van der Waals surface area contributed by atoms with Crippen LogP contribution in [0.25, 0.3) is 5.70 Å². The summed E-state index contributed by atoms with van der Waals surface area (Å²) < 4.78 is 5.45. The van der Waals surface area contributed by atoms with Crippen LogP contribution in [0.5, 0.6) is 5.75 Å². The highest BCUT2D eigenvalue weighted by Crippen LogP contribution is 2.36. The Morgan fingerprint density at radius 1 is 1.15 bits per heavy atom. The van der Waals surface area contributed by atoms with E-state index in [0.29, 0.717) is 6.04 Å². The molecule has 0 spiro atoms. The number of ether oxygens (including phenoxy) is 1. The summed E-state index contributed by atoms with van der Waals surface area (Å²) in [5.41, 5.74) is 5.03. The van der Waals surface area contributed by atoms with Gasteiger partial charge in [0.2, 0.25) is 0 Å². The van der Waals surface area contributed by atoms with Gasteiger partial charge < -0.3 is 9.64 Å². The molecule has 2 aliphatic heterocycles. The summed E-state index contributed by atoms with van der Waals surface area (Å²) in [7, 11) is 1.68. The molecule has 0 N–H and O–H groups in total. The number of fused-ring (bicyclic) bond motifs is 1. The van der Waals surface area contributed by atoms with E-state index in [-0.39, 0.29) is 5.78 Å². The van der Waals surface area contributed by atoms with Gasteiger partial charge in [-0.3, -0.25) is 4.79 Å². The Balaban J connectivity index is 1.73. The van der Waals surface area contributed by atoms with Gasteiger partial charge in [-0.05, 0) is 43.5 Å². The number of hydrogen-bond acceptors (Lipinski definition) is 4. The molecular weight excluding hydrogens is 336 g/mol. The summed E-state index contributed by atoms with van der Waals surface area (Å²) in [5.74, 6) is 0.885. The van der Waals surface area contributed by atoms with Crippen molar-refractivity contribution in [3.8, 4) is 5.75 Å². The van der Waals surface area contributed by atoms with Gasteiger partial charge in [0.15, 0.2) is 5.78 Å². The summed E-state index contributed by atoms with van der Waals surface area (Å²) in [6, 6.07) is 16.3. The SMILES string of the molecule is COc1ccccc1N=C1C=C(c2ccc(C(C)=O)cc2)N2CCC[C@@H]2C1. The highest BCUT2D eigenvalue weighted by atomic mass is 16.5. The summed E-state index contributed by atoms with van der Waals surface area (Å²) in [5, 5.41) is 0. The fourth-order valence-electron chi connectivity index (χ4n) is 3.99. The molecular formula is C23H24N2O2. The molecule has 1 atom stereocenters. The number of allylic oxidation sites excluding steroid dienone is 1. The van der Waals surface area contributed by atoms with Crippen LogP contribution in [0.4, 0.5) is 5.69 Å². The number of carbonyl (C=O) groups is 1. The minimum absolute atomic E-state index is 0.0941. The Morgan fingerprint density at radius 3 is 2.67 bits per heavy atom. The van der Waals surface area contributed by atoms with Gasteiger partial charge in [0.1, 0.15) is 11.4 Å². The fraction of sp³-hybridized carbons (Fsp3) is 0.304. The lowest BCUT2D eigenvalue weighted by molar-refractivity contribution is 0.101. The average molecular weight is 360 g/mol. The third kappa shape index (κ3) is 3.52. The van der Waals surface area contributed by atoms with E-state index in [4.69, 9.17) is 9.73 Å². The van der Waals surface area contributed by atoms with Crippen LogP contribution < -0.4 is 4.74 Å². The Morgan fingerprint density at radius 2 is 1.93 bits per heavy atom. The van der Waals surface area contributed by atoms with E-state index in [2.05, 4.69) is 11.0 Å². The lowest BCUT2D eigenvalue weighted by Gasteiger charge is -2.33. The van der Waals surface area contributed by atoms with Crippen LogP contribution in [0, 0.1) is 0 Å². The first-order chi connectivity index (χ1) is 13.2. The molecule has 4 heteroatoms. The molecule has 27 heavy (non-hydrogen) atoms. The van der Waals surface area contributed by atoms with Crippen molar-refractivity contribution in [1.29, 1.82) is 0 Å². The number of benzene rings is 2. The van der Waals surface area contributed by atoms with E-state index in [9.17, 15) is 4.79 Å². The number of para-hydroxylation sites is 2. The van der Waals surface area contributed by atoms with E-state index in [1.54, 1.807) is 14.0 Å². The number of nitrogens with zero attached hydrogens (tertiary/aromatic N) is 2. The third-order valence-corrected chi connectivity index (χ3v) is 5.37. The number of carbonyl (C=O) groups excluding carboxylic acids is 1. The summed E-state index contributed by atoms with van der Waals surface area (Å²) >= 11 is 0. The first kappa shape index (κ1) is 17.5. The molecule has 0 aliphatic carbocycles. The van der Waals surface area contributed by atoms with Crippen molar-refractivity contribution in [3.63, 3.8) is 0 Å². The second kappa shape index (κ2) is 7.39. The molecule has 4 rings (SSSR count). The number of rotatable bonds is 4. The second-order valence-electron chi connectivity index (χ2n) is 7.13. The maximum atomic E-state index is 11.6. The van der Waals surface area contributed by atoms with E-state index in [1.807, 2.05) is 48.5 Å². The van der Waals surface area contributed by atoms with Crippen LogP contribution in [-0.4, -0.2) is 36.1 Å². The zero-order valence-corrected chi connectivity index (χ0v) is 15.8.